The Morgan fingerprint density at radius 3 is 3.00 bits per heavy atom. The Bertz CT molecular complexity index is 526. The van der Waals surface area contributed by atoms with E-state index >= 15 is 0 Å². The maximum absolute atomic E-state index is 12.9. The highest BCUT2D eigenvalue weighted by Crippen LogP contribution is 2.16. The van der Waals surface area contributed by atoms with Crippen molar-refractivity contribution in [3.8, 4) is 0 Å². The van der Waals surface area contributed by atoms with Crippen LogP contribution in [0.4, 0.5) is 4.39 Å². The molecule has 0 aliphatic carbocycles. The molecule has 0 N–H and O–H groups in total. The zero-order chi connectivity index (χ0) is 11.5. The van der Waals surface area contributed by atoms with E-state index in [0.717, 1.165) is 23.8 Å². The molecule has 2 heterocycles. The van der Waals surface area contributed by atoms with E-state index in [4.69, 9.17) is 0 Å². The van der Waals surface area contributed by atoms with E-state index < -0.39 is 5.82 Å². The van der Waals surface area contributed by atoms with Crippen molar-refractivity contribution in [2.75, 3.05) is 0 Å². The van der Waals surface area contributed by atoms with E-state index in [-0.39, 0.29) is 11.3 Å². The highest BCUT2D eigenvalue weighted by molar-refractivity contribution is 7.08. The number of pyridine rings is 1. The molecule has 0 amide bonds. The molecule has 0 spiro atoms. The summed E-state index contributed by atoms with van der Waals surface area (Å²) in [5.74, 6) is -0.805. The van der Waals surface area contributed by atoms with Gasteiger partial charge in [0.25, 0.3) is 0 Å². The Morgan fingerprint density at radius 1 is 1.50 bits per heavy atom. The van der Waals surface area contributed by atoms with Gasteiger partial charge in [-0.05, 0) is 24.0 Å². The number of hydrogen-bond acceptors (Lipinski definition) is 5. The van der Waals surface area contributed by atoms with Gasteiger partial charge in [-0.25, -0.2) is 4.39 Å². The van der Waals surface area contributed by atoms with Gasteiger partial charge in [-0.1, -0.05) is 11.4 Å². The predicted octanol–water partition coefficient (Wildman–Crippen LogP) is 1.87. The van der Waals surface area contributed by atoms with Crippen molar-refractivity contribution >= 4 is 17.3 Å². The molecule has 4 nitrogen and oxygen atoms in total. The van der Waals surface area contributed by atoms with Crippen molar-refractivity contribution in [1.82, 2.24) is 14.6 Å². The van der Waals surface area contributed by atoms with E-state index in [1.54, 1.807) is 0 Å². The summed E-state index contributed by atoms with van der Waals surface area (Å²) in [5, 5.41) is 3.84. The molecule has 0 atom stereocenters. The number of rotatable bonds is 3. The van der Waals surface area contributed by atoms with Gasteiger partial charge >= 0.3 is 0 Å². The maximum Gasteiger partial charge on any atom is 0.208 e. The quantitative estimate of drug-likeness (QED) is 0.765. The summed E-state index contributed by atoms with van der Waals surface area (Å²) in [4.78, 5) is 16.1. The first-order valence-electron chi connectivity index (χ1n) is 4.69. The maximum atomic E-state index is 12.9. The molecule has 0 aromatic carbocycles. The van der Waals surface area contributed by atoms with Crippen LogP contribution in [0.3, 0.4) is 0 Å². The van der Waals surface area contributed by atoms with Crippen molar-refractivity contribution in [3.63, 3.8) is 0 Å². The highest BCUT2D eigenvalue weighted by Gasteiger charge is 2.17. The van der Waals surface area contributed by atoms with Gasteiger partial charge in [0, 0.05) is 11.8 Å². The van der Waals surface area contributed by atoms with Gasteiger partial charge in [-0.15, -0.1) is 5.10 Å². The fraction of sp³-hybridized carbons (Fsp3) is 0.200. The predicted molar refractivity (Wildman–Crippen MR) is 56.9 cm³/mol. The molecule has 0 unspecified atom stereocenters. The normalized spacial score (nSPS) is 10.4. The summed E-state index contributed by atoms with van der Waals surface area (Å²) in [6.45, 7) is 1.89. The van der Waals surface area contributed by atoms with E-state index in [1.807, 2.05) is 6.92 Å². The number of halogens is 1. The molecule has 0 bridgehead atoms. The molecule has 2 aromatic heterocycles. The lowest BCUT2D eigenvalue weighted by Gasteiger charge is -1.98. The second-order valence-corrected chi connectivity index (χ2v) is 3.88. The molecule has 0 saturated heterocycles. The average Bonchev–Trinajstić information content (AvgIpc) is 2.76. The molecule has 0 aliphatic heterocycles. The van der Waals surface area contributed by atoms with Crippen molar-refractivity contribution in [1.29, 1.82) is 0 Å². The minimum atomic E-state index is -0.527. The van der Waals surface area contributed by atoms with Gasteiger partial charge in [-0.3, -0.25) is 9.78 Å². The third-order valence-electron chi connectivity index (χ3n) is 2.06. The lowest BCUT2D eigenvalue weighted by atomic mass is 10.1. The second-order valence-electron chi connectivity index (χ2n) is 3.12. The van der Waals surface area contributed by atoms with E-state index in [9.17, 15) is 9.18 Å². The van der Waals surface area contributed by atoms with Crippen molar-refractivity contribution in [2.24, 2.45) is 0 Å². The molecule has 2 aromatic rings. The highest BCUT2D eigenvalue weighted by atomic mass is 32.1. The summed E-state index contributed by atoms with van der Waals surface area (Å²) in [6, 6.07) is 1.16. The smallest absolute Gasteiger partial charge is 0.208 e. The summed E-state index contributed by atoms with van der Waals surface area (Å²) >= 11 is 1.02. The topological polar surface area (TPSA) is 55.7 Å². The van der Waals surface area contributed by atoms with Crippen LogP contribution in [0.25, 0.3) is 0 Å². The van der Waals surface area contributed by atoms with Crippen LogP contribution in [-0.4, -0.2) is 20.4 Å². The van der Waals surface area contributed by atoms with E-state index in [2.05, 4.69) is 14.6 Å². The Hall–Kier alpha value is -1.69. The summed E-state index contributed by atoms with van der Waals surface area (Å²) in [5.41, 5.74) is 0.861. The largest absolute Gasteiger partial charge is 0.287 e. The number of ketones is 1. The lowest BCUT2D eigenvalue weighted by molar-refractivity contribution is 0.104. The van der Waals surface area contributed by atoms with Gasteiger partial charge < -0.3 is 0 Å². The summed E-state index contributed by atoms with van der Waals surface area (Å²) in [7, 11) is 0. The SMILES string of the molecule is CCc1nnsc1C(=O)c1cncc(F)c1. The fourth-order valence-corrected chi connectivity index (χ4v) is 1.99. The minimum absolute atomic E-state index is 0.223. The first kappa shape index (κ1) is 10.8. The second kappa shape index (κ2) is 4.44. The lowest BCUT2D eigenvalue weighted by Crippen LogP contribution is -2.03. The van der Waals surface area contributed by atoms with Crippen molar-refractivity contribution in [2.45, 2.75) is 13.3 Å². The number of aromatic nitrogens is 3. The van der Waals surface area contributed by atoms with Crippen LogP contribution in [0.5, 0.6) is 0 Å². The van der Waals surface area contributed by atoms with Gasteiger partial charge in [0.1, 0.15) is 10.7 Å². The summed E-state index contributed by atoms with van der Waals surface area (Å²) in [6.07, 6.45) is 3.02. The third-order valence-corrected chi connectivity index (χ3v) is 2.83. The van der Waals surface area contributed by atoms with Gasteiger partial charge in [0.05, 0.1) is 11.9 Å². The van der Waals surface area contributed by atoms with E-state index in [0.29, 0.717) is 17.0 Å². The van der Waals surface area contributed by atoms with Crippen LogP contribution in [-0.2, 0) is 6.42 Å². The summed E-state index contributed by atoms with van der Waals surface area (Å²) < 4.78 is 16.6. The molecule has 2 rings (SSSR count). The van der Waals surface area contributed by atoms with Gasteiger partial charge in [0.15, 0.2) is 0 Å². The van der Waals surface area contributed by atoms with Crippen LogP contribution in [0.15, 0.2) is 18.5 Å². The first-order valence-corrected chi connectivity index (χ1v) is 5.46. The number of carbonyl (C=O) groups is 1. The van der Waals surface area contributed by atoms with Crippen molar-refractivity contribution in [3.05, 3.63) is 40.4 Å². The number of carbonyl (C=O) groups excluding carboxylic acids is 1. The molecule has 0 aliphatic rings. The monoisotopic (exact) mass is 237 g/mol. The zero-order valence-electron chi connectivity index (χ0n) is 8.48. The van der Waals surface area contributed by atoms with Crippen LogP contribution in [0.2, 0.25) is 0 Å². The van der Waals surface area contributed by atoms with Crippen LogP contribution < -0.4 is 0 Å². The van der Waals surface area contributed by atoms with Crippen LogP contribution in [0.1, 0.15) is 27.9 Å². The van der Waals surface area contributed by atoms with Crippen molar-refractivity contribution < 1.29 is 9.18 Å². The average molecular weight is 237 g/mol. The third kappa shape index (κ3) is 1.96. The Labute approximate surface area is 95.3 Å². The molecule has 0 radical (unpaired) electrons. The minimum Gasteiger partial charge on any atom is -0.287 e. The first-order chi connectivity index (χ1) is 7.72. The van der Waals surface area contributed by atoms with Gasteiger partial charge in [-0.2, -0.15) is 0 Å². The molecule has 82 valence electrons. The molecule has 16 heavy (non-hydrogen) atoms. The standard InChI is InChI=1S/C10H8FN3OS/c1-2-8-10(16-14-13-8)9(15)6-3-7(11)5-12-4-6/h3-5H,2H2,1H3. The Kier molecular flexibility index (Phi) is 3.00. The number of hydrogen-bond donors (Lipinski definition) is 0. The molecule has 6 heteroatoms. The molecule has 0 saturated carbocycles. The van der Waals surface area contributed by atoms with Gasteiger partial charge in [0.2, 0.25) is 5.78 Å². The molecule has 0 fully saturated rings. The molecular weight excluding hydrogens is 229 g/mol. The fourth-order valence-electron chi connectivity index (χ4n) is 1.28. The Morgan fingerprint density at radius 2 is 2.31 bits per heavy atom. The number of nitrogens with zero attached hydrogens (tertiary/aromatic N) is 3. The zero-order valence-corrected chi connectivity index (χ0v) is 9.29. The number of aryl methyl sites for hydroxylation is 1. The van der Waals surface area contributed by atoms with Crippen LogP contribution >= 0.6 is 11.5 Å². The molecular formula is C10H8FN3OS. The van der Waals surface area contributed by atoms with E-state index in [1.165, 1.54) is 6.20 Å². The van der Waals surface area contributed by atoms with Crippen LogP contribution in [0, 0.1) is 5.82 Å². The Balaban J connectivity index is 2.39.